The van der Waals surface area contributed by atoms with Gasteiger partial charge in [-0.1, -0.05) is 48.5 Å². The number of aryl methyl sites for hydroxylation is 1. The first-order valence-electron chi connectivity index (χ1n) is 6.77. The van der Waals surface area contributed by atoms with Crippen LogP contribution in [0.15, 0.2) is 48.5 Å². The summed E-state index contributed by atoms with van der Waals surface area (Å²) < 4.78 is 0. The molecule has 0 saturated heterocycles. The number of hydrogen-bond acceptors (Lipinski definition) is 1. The molecule has 0 saturated carbocycles. The fourth-order valence-corrected chi connectivity index (χ4v) is 3.20. The molecular weight excluding hydrogens is 232 g/mol. The molecule has 19 heavy (non-hydrogen) atoms. The minimum absolute atomic E-state index is 0.369. The van der Waals surface area contributed by atoms with Crippen molar-refractivity contribution in [3.05, 3.63) is 59.7 Å². The molecule has 0 N–H and O–H groups in total. The maximum Gasteiger partial charge on any atom is 0.137 e. The van der Waals surface area contributed by atoms with Gasteiger partial charge in [0, 0.05) is 12.8 Å². The summed E-state index contributed by atoms with van der Waals surface area (Å²) >= 11 is 0. The number of fused-ring (bicyclic) bond motifs is 5. The predicted molar refractivity (Wildman–Crippen MR) is 78.5 cm³/mol. The highest BCUT2D eigenvalue weighted by Crippen LogP contribution is 2.32. The van der Waals surface area contributed by atoms with Crippen molar-refractivity contribution >= 4 is 27.3 Å². The van der Waals surface area contributed by atoms with E-state index in [2.05, 4.69) is 48.5 Å². The van der Waals surface area contributed by atoms with E-state index in [1.807, 2.05) is 0 Å². The fourth-order valence-electron chi connectivity index (χ4n) is 3.20. The Morgan fingerprint density at radius 3 is 2.53 bits per heavy atom. The molecule has 1 nitrogen and oxygen atoms in total. The normalized spacial score (nSPS) is 14.8. The Bertz CT molecular complexity index is 814. The first-order valence-corrected chi connectivity index (χ1v) is 6.77. The van der Waals surface area contributed by atoms with Crippen molar-refractivity contribution in [1.29, 1.82) is 0 Å². The number of hydrogen-bond donors (Lipinski definition) is 0. The Morgan fingerprint density at radius 1 is 0.737 bits per heavy atom. The Hall–Kier alpha value is -2.15. The van der Waals surface area contributed by atoms with Crippen LogP contribution in [0, 0.1) is 0 Å². The van der Waals surface area contributed by atoms with Crippen LogP contribution in [0.3, 0.4) is 0 Å². The SMILES string of the molecule is O=C1CCc2ccc3c(ccc4ccccc43)c2C1. The van der Waals surface area contributed by atoms with Gasteiger partial charge in [0.25, 0.3) is 0 Å². The molecular formula is C18H14O. The van der Waals surface area contributed by atoms with Crippen LogP contribution in [-0.2, 0) is 17.6 Å². The second-order valence-corrected chi connectivity index (χ2v) is 5.30. The lowest BCUT2D eigenvalue weighted by atomic mass is 9.86. The number of benzene rings is 3. The Labute approximate surface area is 111 Å². The van der Waals surface area contributed by atoms with Crippen molar-refractivity contribution in [2.24, 2.45) is 0 Å². The lowest BCUT2D eigenvalue weighted by molar-refractivity contribution is -0.118. The minimum atomic E-state index is 0.369. The number of rotatable bonds is 0. The molecule has 0 spiro atoms. The third kappa shape index (κ3) is 1.58. The van der Waals surface area contributed by atoms with E-state index >= 15 is 0 Å². The zero-order valence-electron chi connectivity index (χ0n) is 10.6. The zero-order valence-corrected chi connectivity index (χ0v) is 10.6. The van der Waals surface area contributed by atoms with E-state index < -0.39 is 0 Å². The second kappa shape index (κ2) is 3.92. The van der Waals surface area contributed by atoms with E-state index in [9.17, 15) is 4.79 Å². The summed E-state index contributed by atoms with van der Waals surface area (Å²) in [5.74, 6) is 0.369. The molecule has 0 amide bonds. The molecule has 3 aromatic carbocycles. The monoisotopic (exact) mass is 246 g/mol. The molecule has 0 fully saturated rings. The van der Waals surface area contributed by atoms with Crippen LogP contribution in [0.25, 0.3) is 21.5 Å². The molecule has 0 bridgehead atoms. The van der Waals surface area contributed by atoms with Gasteiger partial charge in [-0.15, -0.1) is 0 Å². The molecule has 3 aromatic rings. The third-order valence-electron chi connectivity index (χ3n) is 4.18. The average Bonchev–Trinajstić information content (AvgIpc) is 2.46. The first-order chi connectivity index (χ1) is 9.33. The summed E-state index contributed by atoms with van der Waals surface area (Å²) in [5.41, 5.74) is 2.60. The van der Waals surface area contributed by atoms with Gasteiger partial charge in [-0.3, -0.25) is 4.79 Å². The van der Waals surface area contributed by atoms with Gasteiger partial charge < -0.3 is 0 Å². The molecule has 92 valence electrons. The van der Waals surface area contributed by atoms with Gasteiger partial charge in [-0.2, -0.15) is 0 Å². The highest BCUT2D eigenvalue weighted by Gasteiger charge is 2.18. The average molecular weight is 246 g/mol. The van der Waals surface area contributed by atoms with Gasteiger partial charge in [0.1, 0.15) is 5.78 Å². The Morgan fingerprint density at radius 2 is 1.58 bits per heavy atom. The molecule has 1 heteroatoms. The summed E-state index contributed by atoms with van der Waals surface area (Å²) in [6.45, 7) is 0. The van der Waals surface area contributed by atoms with Gasteiger partial charge in [0.15, 0.2) is 0 Å². The maximum atomic E-state index is 11.7. The quantitative estimate of drug-likeness (QED) is 0.547. The number of carbonyl (C=O) groups excluding carboxylic acids is 1. The highest BCUT2D eigenvalue weighted by atomic mass is 16.1. The molecule has 0 radical (unpaired) electrons. The van der Waals surface area contributed by atoms with Crippen LogP contribution < -0.4 is 0 Å². The summed E-state index contributed by atoms with van der Waals surface area (Å²) in [7, 11) is 0. The van der Waals surface area contributed by atoms with Gasteiger partial charge >= 0.3 is 0 Å². The van der Waals surface area contributed by atoms with Crippen LogP contribution >= 0.6 is 0 Å². The predicted octanol–water partition coefficient (Wildman–Crippen LogP) is 4.05. The van der Waals surface area contributed by atoms with Crippen LogP contribution in [0.2, 0.25) is 0 Å². The first kappa shape index (κ1) is 10.7. The summed E-state index contributed by atoms with van der Waals surface area (Å²) in [4.78, 5) is 11.7. The molecule has 1 aliphatic carbocycles. The van der Waals surface area contributed by atoms with Crippen molar-refractivity contribution in [1.82, 2.24) is 0 Å². The second-order valence-electron chi connectivity index (χ2n) is 5.30. The zero-order chi connectivity index (χ0) is 12.8. The van der Waals surface area contributed by atoms with E-state index in [1.54, 1.807) is 0 Å². The molecule has 0 aromatic heterocycles. The topological polar surface area (TPSA) is 17.1 Å². The van der Waals surface area contributed by atoms with Gasteiger partial charge in [0.2, 0.25) is 0 Å². The Kier molecular flexibility index (Phi) is 2.22. The lowest BCUT2D eigenvalue weighted by Crippen LogP contribution is -2.13. The largest absolute Gasteiger partial charge is 0.299 e. The van der Waals surface area contributed by atoms with E-state index in [-0.39, 0.29) is 0 Å². The van der Waals surface area contributed by atoms with E-state index in [4.69, 9.17) is 0 Å². The lowest BCUT2D eigenvalue weighted by Gasteiger charge is -2.18. The van der Waals surface area contributed by atoms with E-state index in [1.165, 1.54) is 32.7 Å². The summed E-state index contributed by atoms with van der Waals surface area (Å²) in [6, 6.07) is 17.2. The molecule has 0 heterocycles. The minimum Gasteiger partial charge on any atom is -0.299 e. The Balaban J connectivity index is 2.12. The number of Topliss-reactive ketones (excluding diaryl/α,β-unsaturated/α-hetero) is 1. The van der Waals surface area contributed by atoms with E-state index in [0.29, 0.717) is 18.6 Å². The standard InChI is InChI=1S/C18H14O/c19-14-8-5-13-7-9-16-15-4-2-1-3-12(15)6-10-17(16)18(13)11-14/h1-4,6-7,9-10H,5,8,11H2. The summed E-state index contributed by atoms with van der Waals surface area (Å²) in [5, 5.41) is 5.06. The molecule has 0 unspecified atom stereocenters. The number of carbonyl (C=O) groups is 1. The number of ketones is 1. The fraction of sp³-hybridized carbons (Fsp3) is 0.167. The van der Waals surface area contributed by atoms with Crippen LogP contribution in [0.1, 0.15) is 17.5 Å². The molecule has 0 aliphatic heterocycles. The molecule has 4 rings (SSSR count). The molecule has 0 atom stereocenters. The van der Waals surface area contributed by atoms with Crippen molar-refractivity contribution in [2.45, 2.75) is 19.3 Å². The van der Waals surface area contributed by atoms with Crippen LogP contribution in [-0.4, -0.2) is 5.78 Å². The van der Waals surface area contributed by atoms with Gasteiger partial charge in [-0.25, -0.2) is 0 Å². The van der Waals surface area contributed by atoms with Crippen molar-refractivity contribution in [2.75, 3.05) is 0 Å². The third-order valence-corrected chi connectivity index (χ3v) is 4.18. The smallest absolute Gasteiger partial charge is 0.137 e. The van der Waals surface area contributed by atoms with Crippen molar-refractivity contribution in [3.63, 3.8) is 0 Å². The molecule has 1 aliphatic rings. The summed E-state index contributed by atoms with van der Waals surface area (Å²) in [6.07, 6.45) is 2.20. The van der Waals surface area contributed by atoms with Crippen LogP contribution in [0.5, 0.6) is 0 Å². The van der Waals surface area contributed by atoms with E-state index in [0.717, 1.165) is 6.42 Å². The van der Waals surface area contributed by atoms with Gasteiger partial charge in [0.05, 0.1) is 0 Å². The van der Waals surface area contributed by atoms with Gasteiger partial charge in [-0.05, 0) is 39.1 Å². The van der Waals surface area contributed by atoms with Crippen molar-refractivity contribution < 1.29 is 4.79 Å². The maximum absolute atomic E-state index is 11.7. The van der Waals surface area contributed by atoms with Crippen molar-refractivity contribution in [3.8, 4) is 0 Å². The van der Waals surface area contributed by atoms with Crippen LogP contribution in [0.4, 0.5) is 0 Å². The highest BCUT2D eigenvalue weighted by molar-refractivity contribution is 6.09.